The molecular formula is C16H12F2OS. The van der Waals surface area contributed by atoms with Crippen LogP contribution in [0.25, 0.3) is 10.1 Å². The van der Waals surface area contributed by atoms with Gasteiger partial charge in [0.15, 0.2) is 0 Å². The van der Waals surface area contributed by atoms with Crippen molar-refractivity contribution in [1.29, 1.82) is 0 Å². The summed E-state index contributed by atoms with van der Waals surface area (Å²) in [5.41, 5.74) is -1.61. The molecule has 3 aromatic rings. The Morgan fingerprint density at radius 3 is 2.55 bits per heavy atom. The molecule has 0 aliphatic heterocycles. The molecule has 1 nitrogen and oxygen atoms in total. The summed E-state index contributed by atoms with van der Waals surface area (Å²) in [7, 11) is 0. The molecule has 0 saturated heterocycles. The molecule has 1 atom stereocenters. The summed E-state index contributed by atoms with van der Waals surface area (Å²) in [5.74, 6) is -1.18. The van der Waals surface area contributed by atoms with Gasteiger partial charge >= 0.3 is 0 Å². The highest BCUT2D eigenvalue weighted by molar-refractivity contribution is 7.19. The zero-order valence-corrected chi connectivity index (χ0v) is 11.5. The first-order valence-corrected chi connectivity index (χ1v) is 6.97. The molecule has 1 aromatic heterocycles. The average Bonchev–Trinajstić information content (AvgIpc) is 2.86. The smallest absolute Gasteiger partial charge is 0.129 e. The van der Waals surface area contributed by atoms with Crippen molar-refractivity contribution in [3.63, 3.8) is 0 Å². The highest BCUT2D eigenvalue weighted by Crippen LogP contribution is 2.38. The first-order valence-electron chi connectivity index (χ1n) is 6.15. The fourth-order valence-corrected chi connectivity index (χ4v) is 3.35. The summed E-state index contributed by atoms with van der Waals surface area (Å²) >= 11 is 1.37. The second kappa shape index (κ2) is 4.65. The molecule has 102 valence electrons. The molecule has 20 heavy (non-hydrogen) atoms. The third-order valence-corrected chi connectivity index (χ3v) is 4.69. The number of hydrogen-bond acceptors (Lipinski definition) is 2. The molecule has 2 aromatic carbocycles. The van der Waals surface area contributed by atoms with Crippen molar-refractivity contribution in [3.8, 4) is 0 Å². The van der Waals surface area contributed by atoms with Crippen molar-refractivity contribution in [2.75, 3.05) is 0 Å². The van der Waals surface area contributed by atoms with Crippen LogP contribution in [0.3, 0.4) is 0 Å². The summed E-state index contributed by atoms with van der Waals surface area (Å²) in [6, 6.07) is 12.6. The third-order valence-electron chi connectivity index (χ3n) is 3.36. The van der Waals surface area contributed by atoms with Gasteiger partial charge in [-0.05, 0) is 42.6 Å². The quantitative estimate of drug-likeness (QED) is 0.740. The highest BCUT2D eigenvalue weighted by atomic mass is 32.1. The Bertz CT molecular complexity index is 744. The van der Waals surface area contributed by atoms with Crippen LogP contribution in [0, 0.1) is 11.6 Å². The van der Waals surface area contributed by atoms with Crippen molar-refractivity contribution in [3.05, 3.63) is 70.6 Å². The normalized spacial score (nSPS) is 14.4. The Balaban J connectivity index is 2.17. The number of thiophene rings is 1. The second-order valence-electron chi connectivity index (χ2n) is 4.84. The number of fused-ring (bicyclic) bond motifs is 1. The van der Waals surface area contributed by atoms with E-state index in [1.54, 1.807) is 0 Å². The van der Waals surface area contributed by atoms with Crippen LogP contribution in [0.4, 0.5) is 8.78 Å². The molecule has 4 heteroatoms. The van der Waals surface area contributed by atoms with Crippen LogP contribution in [0.5, 0.6) is 0 Å². The van der Waals surface area contributed by atoms with Crippen LogP contribution >= 0.6 is 11.3 Å². The number of halogens is 2. The Hall–Kier alpha value is -1.78. The van der Waals surface area contributed by atoms with Gasteiger partial charge in [0.25, 0.3) is 0 Å². The van der Waals surface area contributed by atoms with Gasteiger partial charge in [-0.1, -0.05) is 18.2 Å². The van der Waals surface area contributed by atoms with Crippen molar-refractivity contribution in [2.45, 2.75) is 12.5 Å². The van der Waals surface area contributed by atoms with Gasteiger partial charge in [-0.2, -0.15) is 0 Å². The molecule has 0 saturated carbocycles. The highest BCUT2D eigenvalue weighted by Gasteiger charge is 2.31. The molecule has 0 spiro atoms. The van der Waals surface area contributed by atoms with E-state index in [1.165, 1.54) is 18.3 Å². The van der Waals surface area contributed by atoms with Crippen molar-refractivity contribution < 1.29 is 13.9 Å². The number of benzene rings is 2. The maximum absolute atomic E-state index is 13.9. The van der Waals surface area contributed by atoms with Gasteiger partial charge in [0.1, 0.15) is 17.2 Å². The molecule has 1 N–H and O–H groups in total. The Kier molecular flexibility index (Phi) is 3.07. The summed E-state index contributed by atoms with van der Waals surface area (Å²) < 4.78 is 28.2. The van der Waals surface area contributed by atoms with Crippen LogP contribution in [0.15, 0.2) is 48.5 Å². The first-order chi connectivity index (χ1) is 9.48. The maximum Gasteiger partial charge on any atom is 0.129 e. The van der Waals surface area contributed by atoms with E-state index in [1.807, 2.05) is 30.3 Å². The van der Waals surface area contributed by atoms with E-state index < -0.39 is 17.2 Å². The molecular weight excluding hydrogens is 278 g/mol. The lowest BCUT2D eigenvalue weighted by Gasteiger charge is -2.23. The van der Waals surface area contributed by atoms with Crippen LogP contribution in [-0.2, 0) is 5.60 Å². The van der Waals surface area contributed by atoms with Gasteiger partial charge in [0, 0.05) is 15.1 Å². The molecule has 1 heterocycles. The summed E-state index contributed by atoms with van der Waals surface area (Å²) in [6.07, 6.45) is 0. The first kappa shape index (κ1) is 13.2. The zero-order valence-electron chi connectivity index (χ0n) is 10.7. The second-order valence-corrected chi connectivity index (χ2v) is 5.93. The molecule has 1 unspecified atom stereocenters. The standard InChI is InChI=1S/C16H12F2OS/c1-16(19,12-9-11(17)6-7-13(12)18)15-8-10-4-2-3-5-14(10)20-15/h2-9,19H,1H3. The summed E-state index contributed by atoms with van der Waals surface area (Å²) in [5, 5.41) is 11.6. The predicted octanol–water partition coefficient (Wildman–Crippen LogP) is 4.44. The fraction of sp³-hybridized carbons (Fsp3) is 0.125. The van der Waals surface area contributed by atoms with Crippen LogP contribution in [0.2, 0.25) is 0 Å². The third kappa shape index (κ3) is 2.11. The molecule has 0 bridgehead atoms. The lowest BCUT2D eigenvalue weighted by molar-refractivity contribution is 0.102. The van der Waals surface area contributed by atoms with E-state index in [2.05, 4.69) is 0 Å². The SMILES string of the molecule is CC(O)(c1cc2ccccc2s1)c1cc(F)ccc1F. The lowest BCUT2D eigenvalue weighted by Crippen LogP contribution is -2.23. The minimum absolute atomic E-state index is 0.0518. The van der Waals surface area contributed by atoms with Gasteiger partial charge in [-0.25, -0.2) is 8.78 Å². The van der Waals surface area contributed by atoms with Gasteiger partial charge in [0.2, 0.25) is 0 Å². The number of hydrogen-bond donors (Lipinski definition) is 1. The van der Waals surface area contributed by atoms with Crippen molar-refractivity contribution in [1.82, 2.24) is 0 Å². The van der Waals surface area contributed by atoms with Crippen molar-refractivity contribution in [2.24, 2.45) is 0 Å². The lowest BCUT2D eigenvalue weighted by atomic mass is 9.93. The topological polar surface area (TPSA) is 20.2 Å². The Labute approximate surface area is 119 Å². The van der Waals surface area contributed by atoms with E-state index in [9.17, 15) is 13.9 Å². The minimum atomic E-state index is -1.56. The molecule has 0 amide bonds. The molecule has 3 rings (SSSR count). The molecule has 0 radical (unpaired) electrons. The monoisotopic (exact) mass is 290 g/mol. The predicted molar refractivity (Wildman–Crippen MR) is 76.9 cm³/mol. The van der Waals surface area contributed by atoms with Gasteiger partial charge in [0.05, 0.1) is 0 Å². The molecule has 0 aliphatic carbocycles. The van der Waals surface area contributed by atoms with E-state index >= 15 is 0 Å². The van der Waals surface area contributed by atoms with E-state index in [4.69, 9.17) is 0 Å². The zero-order chi connectivity index (χ0) is 14.3. The van der Waals surface area contributed by atoms with Crippen molar-refractivity contribution >= 4 is 21.4 Å². The Morgan fingerprint density at radius 1 is 1.05 bits per heavy atom. The van der Waals surface area contributed by atoms with Crippen LogP contribution < -0.4 is 0 Å². The van der Waals surface area contributed by atoms with Gasteiger partial charge < -0.3 is 5.11 Å². The summed E-state index contributed by atoms with van der Waals surface area (Å²) in [4.78, 5) is 0.586. The summed E-state index contributed by atoms with van der Waals surface area (Å²) in [6.45, 7) is 1.48. The maximum atomic E-state index is 13.9. The van der Waals surface area contributed by atoms with Gasteiger partial charge in [-0.15, -0.1) is 11.3 Å². The minimum Gasteiger partial charge on any atom is -0.380 e. The number of rotatable bonds is 2. The van der Waals surface area contributed by atoms with Crippen LogP contribution in [0.1, 0.15) is 17.4 Å². The molecule has 0 aliphatic rings. The Morgan fingerprint density at radius 2 is 1.80 bits per heavy atom. The van der Waals surface area contributed by atoms with E-state index in [-0.39, 0.29) is 5.56 Å². The average molecular weight is 290 g/mol. The van der Waals surface area contributed by atoms with Gasteiger partial charge in [-0.3, -0.25) is 0 Å². The van der Waals surface area contributed by atoms with Crippen LogP contribution in [-0.4, -0.2) is 5.11 Å². The van der Waals surface area contributed by atoms with E-state index in [0.717, 1.165) is 28.3 Å². The number of aliphatic hydroxyl groups is 1. The molecule has 0 fully saturated rings. The fourth-order valence-electron chi connectivity index (χ4n) is 2.23. The van der Waals surface area contributed by atoms with E-state index in [0.29, 0.717) is 4.88 Å². The largest absolute Gasteiger partial charge is 0.380 e.